The molecule has 1 aliphatic carbocycles. The van der Waals surface area contributed by atoms with Crippen LogP contribution in [0.3, 0.4) is 0 Å². The fourth-order valence-corrected chi connectivity index (χ4v) is 2.72. The number of aliphatic hydroxyl groups is 1. The third-order valence-corrected chi connectivity index (χ3v) is 3.70. The lowest BCUT2D eigenvalue weighted by Crippen LogP contribution is -2.55. The van der Waals surface area contributed by atoms with E-state index in [1.807, 2.05) is 0 Å². The van der Waals surface area contributed by atoms with Crippen molar-refractivity contribution in [2.24, 2.45) is 11.3 Å². The number of amides is 1. The highest BCUT2D eigenvalue weighted by Crippen LogP contribution is 2.47. The molecule has 1 spiro atoms. The molecule has 0 aromatic heterocycles. The van der Waals surface area contributed by atoms with Crippen molar-refractivity contribution in [1.82, 2.24) is 5.06 Å². The Bertz CT molecular complexity index is 562. The molecule has 106 valence electrons. The van der Waals surface area contributed by atoms with Gasteiger partial charge in [0.25, 0.3) is 5.91 Å². The monoisotopic (exact) mass is 277 g/mol. The number of aliphatic hydroxyl groups excluding tert-OH is 1. The van der Waals surface area contributed by atoms with E-state index in [0.29, 0.717) is 0 Å². The second kappa shape index (κ2) is 4.81. The van der Waals surface area contributed by atoms with Gasteiger partial charge in [0.15, 0.2) is 11.2 Å². The number of allylic oxidation sites excluding steroid dienone is 4. The average molecular weight is 277 g/mol. The Kier molecular flexibility index (Phi) is 3.45. The first-order chi connectivity index (χ1) is 9.42. The Morgan fingerprint density at radius 1 is 1.45 bits per heavy atom. The maximum absolute atomic E-state index is 12.5. The number of nitrogens with zero attached hydrogens (tertiary/aromatic N) is 1. The summed E-state index contributed by atoms with van der Waals surface area (Å²) in [6, 6.07) is 0. The van der Waals surface area contributed by atoms with Gasteiger partial charge in [0.2, 0.25) is 5.78 Å². The Balaban J connectivity index is 2.68. The molecule has 1 fully saturated rings. The summed E-state index contributed by atoms with van der Waals surface area (Å²) in [5, 5.41) is 10.9. The summed E-state index contributed by atoms with van der Waals surface area (Å²) in [5.41, 5.74) is -2.10. The fourth-order valence-electron chi connectivity index (χ4n) is 2.72. The van der Waals surface area contributed by atoms with Crippen LogP contribution in [0.15, 0.2) is 36.6 Å². The second-order valence-electron chi connectivity index (χ2n) is 4.64. The van der Waals surface area contributed by atoms with E-state index >= 15 is 0 Å². The predicted octanol–water partition coefficient (Wildman–Crippen LogP) is 0.151. The Hall–Kier alpha value is -2.05. The van der Waals surface area contributed by atoms with Gasteiger partial charge in [-0.2, -0.15) is 5.06 Å². The van der Waals surface area contributed by atoms with E-state index in [0.717, 1.165) is 5.06 Å². The van der Waals surface area contributed by atoms with Crippen molar-refractivity contribution in [3.05, 3.63) is 36.6 Å². The zero-order valence-corrected chi connectivity index (χ0v) is 11.2. The summed E-state index contributed by atoms with van der Waals surface area (Å²) in [6.45, 7) is 5.22. The molecule has 3 unspecified atom stereocenters. The van der Waals surface area contributed by atoms with Gasteiger partial charge >= 0.3 is 0 Å². The molecule has 1 aliphatic heterocycles. The summed E-state index contributed by atoms with van der Waals surface area (Å²) in [5.74, 6) is -2.88. The van der Waals surface area contributed by atoms with E-state index in [4.69, 9.17) is 4.84 Å². The molecule has 20 heavy (non-hydrogen) atoms. The largest absolute Gasteiger partial charge is 0.383 e. The third kappa shape index (κ3) is 1.55. The summed E-state index contributed by atoms with van der Waals surface area (Å²) < 4.78 is 0. The molecule has 0 bridgehead atoms. The van der Waals surface area contributed by atoms with Gasteiger partial charge in [-0.05, 0) is 13.0 Å². The molecule has 0 radical (unpaired) electrons. The summed E-state index contributed by atoms with van der Waals surface area (Å²) in [7, 11) is 1.22. The molecule has 1 N–H and O–H groups in total. The topological polar surface area (TPSA) is 83.9 Å². The highest BCUT2D eigenvalue weighted by atomic mass is 16.7. The van der Waals surface area contributed by atoms with Gasteiger partial charge in [-0.25, -0.2) is 0 Å². The third-order valence-electron chi connectivity index (χ3n) is 3.70. The van der Waals surface area contributed by atoms with Crippen LogP contribution in [-0.2, 0) is 19.2 Å². The van der Waals surface area contributed by atoms with Crippen molar-refractivity contribution in [3.8, 4) is 0 Å². The van der Waals surface area contributed by atoms with Crippen LogP contribution in [0.1, 0.15) is 6.92 Å². The van der Waals surface area contributed by atoms with Crippen molar-refractivity contribution >= 4 is 17.5 Å². The van der Waals surface area contributed by atoms with Gasteiger partial charge in [0.1, 0.15) is 11.8 Å². The summed E-state index contributed by atoms with van der Waals surface area (Å²) in [4.78, 5) is 41.6. The minimum absolute atomic E-state index is 0.186. The normalized spacial score (nSPS) is 34.0. The van der Waals surface area contributed by atoms with E-state index in [9.17, 15) is 19.5 Å². The standard InChI is InChI=1S/C14H15NO5/c1-4-5-9-6-7-10(16)12(18)14(9)11(17)8(2)15(20-3)13(14)19/h4-7,9,12,18H,2H2,1,3H3. The Labute approximate surface area is 116 Å². The van der Waals surface area contributed by atoms with Gasteiger partial charge < -0.3 is 5.11 Å². The molecule has 1 saturated heterocycles. The first-order valence-corrected chi connectivity index (χ1v) is 6.08. The molecule has 2 aliphatic rings. The number of hydrogen-bond donors (Lipinski definition) is 1. The van der Waals surface area contributed by atoms with Gasteiger partial charge in [-0.15, -0.1) is 0 Å². The average Bonchev–Trinajstić information content (AvgIpc) is 2.61. The maximum Gasteiger partial charge on any atom is 0.269 e. The summed E-state index contributed by atoms with van der Waals surface area (Å²) in [6.07, 6.45) is 4.12. The number of hydroxylamine groups is 2. The number of ketones is 2. The molecular weight excluding hydrogens is 262 g/mol. The van der Waals surface area contributed by atoms with E-state index in [2.05, 4.69) is 6.58 Å². The first kappa shape index (κ1) is 14.4. The highest BCUT2D eigenvalue weighted by molar-refractivity contribution is 6.24. The molecule has 6 heteroatoms. The van der Waals surface area contributed by atoms with Gasteiger partial charge in [0, 0.05) is 5.92 Å². The molecular formula is C14H15NO5. The highest BCUT2D eigenvalue weighted by Gasteiger charge is 2.66. The number of hydrogen-bond acceptors (Lipinski definition) is 5. The lowest BCUT2D eigenvalue weighted by molar-refractivity contribution is -0.175. The quantitative estimate of drug-likeness (QED) is 0.441. The summed E-state index contributed by atoms with van der Waals surface area (Å²) >= 11 is 0. The number of Topliss-reactive ketones (excluding diaryl/α,β-unsaturated/α-hetero) is 1. The van der Waals surface area contributed by atoms with E-state index < -0.39 is 34.9 Å². The van der Waals surface area contributed by atoms with Crippen molar-refractivity contribution in [3.63, 3.8) is 0 Å². The minimum atomic E-state index is -1.91. The molecule has 3 atom stereocenters. The Morgan fingerprint density at radius 2 is 2.10 bits per heavy atom. The van der Waals surface area contributed by atoms with Crippen LogP contribution < -0.4 is 0 Å². The molecule has 0 saturated carbocycles. The second-order valence-corrected chi connectivity index (χ2v) is 4.64. The van der Waals surface area contributed by atoms with Crippen LogP contribution in [0.25, 0.3) is 0 Å². The van der Waals surface area contributed by atoms with E-state index in [-0.39, 0.29) is 5.70 Å². The van der Waals surface area contributed by atoms with Crippen LogP contribution in [0.4, 0.5) is 0 Å². The zero-order valence-electron chi connectivity index (χ0n) is 11.2. The molecule has 0 aromatic rings. The number of carbonyl (C=O) groups excluding carboxylic acids is 3. The molecule has 0 aromatic carbocycles. The lowest BCUT2D eigenvalue weighted by Gasteiger charge is -2.35. The van der Waals surface area contributed by atoms with Gasteiger partial charge in [-0.3, -0.25) is 19.2 Å². The number of rotatable bonds is 2. The van der Waals surface area contributed by atoms with Crippen LogP contribution in [0.5, 0.6) is 0 Å². The van der Waals surface area contributed by atoms with Crippen LogP contribution in [-0.4, -0.2) is 40.9 Å². The first-order valence-electron chi connectivity index (χ1n) is 6.08. The van der Waals surface area contributed by atoms with Crippen molar-refractivity contribution in [2.75, 3.05) is 7.11 Å². The minimum Gasteiger partial charge on any atom is -0.383 e. The Morgan fingerprint density at radius 3 is 2.60 bits per heavy atom. The smallest absolute Gasteiger partial charge is 0.269 e. The van der Waals surface area contributed by atoms with Crippen LogP contribution in [0, 0.1) is 11.3 Å². The van der Waals surface area contributed by atoms with Gasteiger partial charge in [-0.1, -0.05) is 24.8 Å². The van der Waals surface area contributed by atoms with Crippen molar-refractivity contribution in [1.29, 1.82) is 0 Å². The lowest BCUT2D eigenvalue weighted by atomic mass is 9.64. The molecule has 6 nitrogen and oxygen atoms in total. The fraction of sp³-hybridized carbons (Fsp3) is 0.357. The van der Waals surface area contributed by atoms with Crippen molar-refractivity contribution in [2.45, 2.75) is 13.0 Å². The SMILES string of the molecule is C=C1C(=O)C2(C(=O)N1OC)C(C=CC)C=CC(=O)C2O. The maximum atomic E-state index is 12.5. The van der Waals surface area contributed by atoms with Crippen LogP contribution >= 0.6 is 0 Å². The van der Waals surface area contributed by atoms with Crippen molar-refractivity contribution < 1.29 is 24.3 Å². The predicted molar refractivity (Wildman–Crippen MR) is 68.9 cm³/mol. The number of carbonyl (C=O) groups is 3. The molecule has 1 heterocycles. The van der Waals surface area contributed by atoms with Crippen LogP contribution in [0.2, 0.25) is 0 Å². The van der Waals surface area contributed by atoms with E-state index in [1.165, 1.54) is 19.3 Å². The molecule has 2 rings (SSSR count). The van der Waals surface area contributed by atoms with Gasteiger partial charge in [0.05, 0.1) is 7.11 Å². The van der Waals surface area contributed by atoms with E-state index in [1.54, 1.807) is 19.1 Å². The zero-order chi connectivity index (χ0) is 15.1. The molecule has 1 amide bonds.